The van der Waals surface area contributed by atoms with E-state index in [4.69, 9.17) is 9.47 Å². The van der Waals surface area contributed by atoms with Crippen molar-refractivity contribution in [3.63, 3.8) is 0 Å². The molecule has 0 unspecified atom stereocenters. The van der Waals surface area contributed by atoms with Crippen LogP contribution in [0.4, 0.5) is 5.69 Å². The molecule has 8 nitrogen and oxygen atoms in total. The molecule has 0 aliphatic heterocycles. The van der Waals surface area contributed by atoms with Gasteiger partial charge in [0.05, 0.1) is 31.0 Å². The summed E-state index contributed by atoms with van der Waals surface area (Å²) in [5, 5.41) is 3.96. The van der Waals surface area contributed by atoms with Crippen molar-refractivity contribution in [1.82, 2.24) is 5.43 Å². The first-order valence-corrected chi connectivity index (χ1v) is 11.5. The second kappa shape index (κ2) is 10.6. The maximum Gasteiger partial charge on any atom is 0.264 e. The van der Waals surface area contributed by atoms with Gasteiger partial charge < -0.3 is 9.47 Å². The van der Waals surface area contributed by atoms with Crippen LogP contribution >= 0.6 is 0 Å². The van der Waals surface area contributed by atoms with E-state index in [-0.39, 0.29) is 16.3 Å². The fourth-order valence-electron chi connectivity index (χ4n) is 3.11. The molecule has 33 heavy (non-hydrogen) atoms. The summed E-state index contributed by atoms with van der Waals surface area (Å²) in [5.41, 5.74) is 4.41. The molecule has 0 fully saturated rings. The molecule has 0 heterocycles. The van der Waals surface area contributed by atoms with Gasteiger partial charge in [0, 0.05) is 6.07 Å². The van der Waals surface area contributed by atoms with Crippen molar-refractivity contribution in [2.24, 2.45) is 5.10 Å². The number of sulfonamides is 1. The summed E-state index contributed by atoms with van der Waals surface area (Å²) in [7, 11) is -1.22. The minimum atomic E-state index is -4.10. The number of carbonyl (C=O) groups excluding carboxylic acids is 1. The Kier molecular flexibility index (Phi) is 7.68. The van der Waals surface area contributed by atoms with Crippen molar-refractivity contribution in [3.05, 3.63) is 83.9 Å². The van der Waals surface area contributed by atoms with Crippen molar-refractivity contribution in [3.8, 4) is 11.5 Å². The van der Waals surface area contributed by atoms with Crippen LogP contribution in [-0.2, 0) is 14.8 Å². The molecular formula is C24H25N3O5S. The van der Waals surface area contributed by atoms with Crippen LogP contribution in [0.1, 0.15) is 11.1 Å². The first-order chi connectivity index (χ1) is 15.8. The van der Waals surface area contributed by atoms with E-state index in [9.17, 15) is 13.2 Å². The van der Waals surface area contributed by atoms with Crippen LogP contribution in [0.2, 0.25) is 0 Å². The lowest BCUT2D eigenvalue weighted by atomic mass is 10.2. The van der Waals surface area contributed by atoms with Gasteiger partial charge in [0.1, 0.15) is 18.0 Å². The lowest BCUT2D eigenvalue weighted by molar-refractivity contribution is -0.119. The maximum absolute atomic E-state index is 13.5. The summed E-state index contributed by atoms with van der Waals surface area (Å²) < 4.78 is 38.5. The van der Waals surface area contributed by atoms with Crippen molar-refractivity contribution < 1.29 is 22.7 Å². The highest BCUT2D eigenvalue weighted by Crippen LogP contribution is 2.35. The van der Waals surface area contributed by atoms with Gasteiger partial charge >= 0.3 is 0 Å². The zero-order chi connectivity index (χ0) is 23.8. The zero-order valence-electron chi connectivity index (χ0n) is 18.6. The van der Waals surface area contributed by atoms with Crippen molar-refractivity contribution in [2.75, 3.05) is 25.1 Å². The first-order valence-electron chi connectivity index (χ1n) is 10.0. The van der Waals surface area contributed by atoms with E-state index in [1.165, 1.54) is 38.6 Å². The van der Waals surface area contributed by atoms with Gasteiger partial charge in [0.2, 0.25) is 0 Å². The standard InChI is InChI=1S/C24H25N3O5S/c1-18-8-7-9-19(14-18)16-25-26-24(28)17-27(33(29,30)21-10-5-4-6-11-21)22-15-20(31-2)12-13-23(22)32-3/h4-16H,17H2,1-3H3,(H,26,28)/b25-16-. The molecule has 0 spiro atoms. The molecule has 3 aromatic carbocycles. The monoisotopic (exact) mass is 467 g/mol. The Morgan fingerprint density at radius 1 is 1.00 bits per heavy atom. The Morgan fingerprint density at radius 2 is 1.76 bits per heavy atom. The van der Waals surface area contributed by atoms with Gasteiger partial charge in [0.25, 0.3) is 15.9 Å². The number of rotatable bonds is 9. The van der Waals surface area contributed by atoms with Crippen molar-refractivity contribution in [1.29, 1.82) is 0 Å². The Morgan fingerprint density at radius 3 is 2.42 bits per heavy atom. The molecule has 3 rings (SSSR count). The van der Waals surface area contributed by atoms with Crippen LogP contribution < -0.4 is 19.2 Å². The predicted octanol–water partition coefficient (Wildman–Crippen LogP) is 3.36. The summed E-state index contributed by atoms with van der Waals surface area (Å²) in [4.78, 5) is 12.7. The number of carbonyl (C=O) groups is 1. The highest BCUT2D eigenvalue weighted by atomic mass is 32.2. The van der Waals surface area contributed by atoms with E-state index in [1.54, 1.807) is 30.3 Å². The van der Waals surface area contributed by atoms with Crippen LogP contribution in [0.5, 0.6) is 11.5 Å². The number of methoxy groups -OCH3 is 2. The van der Waals surface area contributed by atoms with Gasteiger partial charge in [-0.1, -0.05) is 48.0 Å². The smallest absolute Gasteiger partial charge is 0.264 e. The van der Waals surface area contributed by atoms with Gasteiger partial charge in [-0.25, -0.2) is 13.8 Å². The summed E-state index contributed by atoms with van der Waals surface area (Å²) in [5.74, 6) is 0.0617. The molecule has 0 aliphatic carbocycles. The number of anilines is 1. The van der Waals surface area contributed by atoms with Crippen LogP contribution in [0.15, 0.2) is 82.8 Å². The summed E-state index contributed by atoms with van der Waals surface area (Å²) in [6, 6.07) is 20.2. The SMILES string of the molecule is COc1ccc(OC)c(N(CC(=O)N/N=C\c2cccc(C)c2)S(=O)(=O)c2ccccc2)c1. The van der Waals surface area contributed by atoms with Crippen LogP contribution in [0, 0.1) is 6.92 Å². The summed E-state index contributed by atoms with van der Waals surface area (Å²) >= 11 is 0. The average Bonchev–Trinajstić information content (AvgIpc) is 2.82. The van der Waals surface area contributed by atoms with E-state index >= 15 is 0 Å². The van der Waals surface area contributed by atoms with E-state index in [1.807, 2.05) is 31.2 Å². The molecule has 0 saturated heterocycles. The second-order valence-corrected chi connectivity index (χ2v) is 8.93. The Balaban J connectivity index is 1.93. The number of nitrogens with zero attached hydrogens (tertiary/aromatic N) is 2. The van der Waals surface area contributed by atoms with E-state index in [0.29, 0.717) is 5.75 Å². The number of amides is 1. The number of aryl methyl sites for hydroxylation is 1. The second-order valence-electron chi connectivity index (χ2n) is 7.07. The molecule has 0 atom stereocenters. The van der Waals surface area contributed by atoms with Crippen LogP contribution in [-0.4, -0.2) is 41.3 Å². The fourth-order valence-corrected chi connectivity index (χ4v) is 4.55. The number of nitrogens with one attached hydrogen (secondary N) is 1. The molecule has 3 aromatic rings. The largest absolute Gasteiger partial charge is 0.497 e. The topological polar surface area (TPSA) is 97.3 Å². The predicted molar refractivity (Wildman–Crippen MR) is 127 cm³/mol. The van der Waals surface area contributed by atoms with Gasteiger partial charge in [-0.2, -0.15) is 5.10 Å². The lowest BCUT2D eigenvalue weighted by Gasteiger charge is -2.25. The summed E-state index contributed by atoms with van der Waals surface area (Å²) in [6.07, 6.45) is 1.49. The quantitative estimate of drug-likeness (QED) is 0.384. The average molecular weight is 468 g/mol. The molecule has 1 N–H and O–H groups in total. The van der Waals surface area contributed by atoms with E-state index < -0.39 is 22.5 Å². The molecule has 0 aliphatic rings. The molecule has 0 saturated carbocycles. The summed E-state index contributed by atoms with van der Waals surface area (Å²) in [6.45, 7) is 1.43. The van der Waals surface area contributed by atoms with E-state index in [0.717, 1.165) is 15.4 Å². The highest BCUT2D eigenvalue weighted by molar-refractivity contribution is 7.92. The number of hydrogen-bond acceptors (Lipinski definition) is 6. The van der Waals surface area contributed by atoms with Gasteiger partial charge in [0.15, 0.2) is 0 Å². The molecule has 0 radical (unpaired) electrons. The minimum absolute atomic E-state index is 0.0333. The van der Waals surface area contributed by atoms with Crippen LogP contribution in [0.25, 0.3) is 0 Å². The normalized spacial score (nSPS) is 11.2. The Hall–Kier alpha value is -3.85. The number of benzene rings is 3. The zero-order valence-corrected chi connectivity index (χ0v) is 19.4. The number of hydrazone groups is 1. The number of hydrogen-bond donors (Lipinski definition) is 1. The lowest BCUT2D eigenvalue weighted by Crippen LogP contribution is -2.39. The molecule has 0 aromatic heterocycles. The fraction of sp³-hybridized carbons (Fsp3) is 0.167. The van der Waals surface area contributed by atoms with Crippen molar-refractivity contribution >= 4 is 27.8 Å². The number of ether oxygens (including phenoxy) is 2. The molecular weight excluding hydrogens is 442 g/mol. The molecule has 9 heteroatoms. The first kappa shape index (κ1) is 23.8. The third-order valence-corrected chi connectivity index (χ3v) is 6.49. The molecule has 0 bridgehead atoms. The van der Waals surface area contributed by atoms with Crippen molar-refractivity contribution in [2.45, 2.75) is 11.8 Å². The molecule has 1 amide bonds. The Bertz CT molecular complexity index is 1240. The maximum atomic E-state index is 13.5. The minimum Gasteiger partial charge on any atom is -0.497 e. The Labute approximate surface area is 193 Å². The van der Waals surface area contributed by atoms with E-state index in [2.05, 4.69) is 10.5 Å². The van der Waals surface area contributed by atoms with Crippen LogP contribution in [0.3, 0.4) is 0 Å². The highest BCUT2D eigenvalue weighted by Gasteiger charge is 2.29. The van der Waals surface area contributed by atoms with Gasteiger partial charge in [-0.05, 0) is 36.8 Å². The van der Waals surface area contributed by atoms with Gasteiger partial charge in [-0.3, -0.25) is 9.10 Å². The third-order valence-electron chi connectivity index (χ3n) is 4.72. The van der Waals surface area contributed by atoms with Gasteiger partial charge in [-0.15, -0.1) is 0 Å². The third kappa shape index (κ3) is 5.89. The molecule has 172 valence electrons.